The van der Waals surface area contributed by atoms with E-state index in [9.17, 15) is 9.59 Å². The molecule has 0 saturated heterocycles. The van der Waals surface area contributed by atoms with Crippen LogP contribution in [0, 0.1) is 23.7 Å². The first-order valence-electron chi connectivity index (χ1n) is 5.25. The minimum atomic E-state index is -0.478. The Morgan fingerprint density at radius 1 is 1.40 bits per heavy atom. The summed E-state index contributed by atoms with van der Waals surface area (Å²) in [5.41, 5.74) is 0.269. The number of carbonyl (C=O) groups excluding carboxylic acids is 2. The molecule has 0 aromatic heterocycles. The fourth-order valence-corrected chi connectivity index (χ4v) is 3.19. The van der Waals surface area contributed by atoms with Gasteiger partial charge in [-0.25, -0.2) is 4.79 Å². The number of ether oxygens (including phenoxy) is 1. The number of Topliss-reactive ketones (excluding diaryl/α,β-unsaturated/α-hetero) is 1. The third-order valence-corrected chi connectivity index (χ3v) is 3.85. The van der Waals surface area contributed by atoms with Crippen molar-refractivity contribution in [2.24, 2.45) is 23.7 Å². The van der Waals surface area contributed by atoms with Crippen LogP contribution in [0.25, 0.3) is 0 Å². The molecule has 3 rings (SSSR count). The number of hydrogen-bond donors (Lipinski definition) is 0. The Morgan fingerprint density at radius 2 is 2.13 bits per heavy atom. The molecule has 0 heterocycles. The van der Waals surface area contributed by atoms with Crippen LogP contribution in [0.1, 0.15) is 6.42 Å². The van der Waals surface area contributed by atoms with Crippen molar-refractivity contribution in [1.82, 2.24) is 0 Å². The highest BCUT2D eigenvalue weighted by Gasteiger charge is 2.52. The smallest absolute Gasteiger partial charge is 0.341 e. The van der Waals surface area contributed by atoms with Crippen LogP contribution in [0.3, 0.4) is 0 Å². The van der Waals surface area contributed by atoms with Gasteiger partial charge in [0.1, 0.15) is 0 Å². The lowest BCUT2D eigenvalue weighted by molar-refractivity contribution is -0.138. The first-order valence-corrected chi connectivity index (χ1v) is 5.25. The number of rotatable bonds is 1. The fourth-order valence-electron chi connectivity index (χ4n) is 3.19. The minimum Gasteiger partial charge on any atom is -0.465 e. The normalized spacial score (nSPS) is 40.6. The van der Waals surface area contributed by atoms with Gasteiger partial charge in [-0.1, -0.05) is 18.2 Å². The molecule has 0 aromatic rings. The first kappa shape index (κ1) is 8.89. The Hall–Kier alpha value is -1.38. The maximum atomic E-state index is 12.0. The lowest BCUT2D eigenvalue weighted by atomic mass is 9.85. The van der Waals surface area contributed by atoms with Gasteiger partial charge < -0.3 is 4.74 Å². The van der Waals surface area contributed by atoms with Gasteiger partial charge in [-0.05, 0) is 24.2 Å². The van der Waals surface area contributed by atoms with Crippen LogP contribution < -0.4 is 0 Å². The van der Waals surface area contributed by atoms with Gasteiger partial charge in [0.2, 0.25) is 0 Å². The van der Waals surface area contributed by atoms with Gasteiger partial charge in [0.25, 0.3) is 0 Å². The predicted octanol–water partition coefficient (Wildman–Crippen LogP) is 1.11. The number of carbonyl (C=O) groups is 2. The summed E-state index contributed by atoms with van der Waals surface area (Å²) in [5.74, 6) is 0.602. The number of hydrogen-bond acceptors (Lipinski definition) is 3. The minimum absolute atomic E-state index is 0.0105. The van der Waals surface area contributed by atoms with Crippen LogP contribution in [0.5, 0.6) is 0 Å². The second-order valence-corrected chi connectivity index (χ2v) is 4.49. The van der Waals surface area contributed by atoms with E-state index in [2.05, 4.69) is 16.9 Å². The lowest BCUT2D eigenvalue weighted by Crippen LogP contribution is -2.23. The molecule has 78 valence electrons. The Kier molecular flexibility index (Phi) is 1.67. The van der Waals surface area contributed by atoms with Gasteiger partial charge in [0.05, 0.1) is 12.7 Å². The van der Waals surface area contributed by atoms with E-state index in [1.807, 2.05) is 6.08 Å². The van der Waals surface area contributed by atoms with Crippen molar-refractivity contribution in [1.29, 1.82) is 0 Å². The largest absolute Gasteiger partial charge is 0.465 e. The number of methoxy groups -OCH3 is 1. The Morgan fingerprint density at radius 3 is 2.80 bits per heavy atom. The quantitative estimate of drug-likeness (QED) is 0.365. The van der Waals surface area contributed by atoms with Crippen LogP contribution in [0.15, 0.2) is 23.8 Å². The SMILES string of the molecule is COC(=O)C1=C[C@@H]2[C@H](C1=O)[C@@H]1C=C[C@H]2C1. The van der Waals surface area contributed by atoms with E-state index in [0.29, 0.717) is 11.8 Å². The molecule has 0 radical (unpaired) electrons. The van der Waals surface area contributed by atoms with Crippen LogP contribution in [0.2, 0.25) is 0 Å². The maximum Gasteiger partial charge on any atom is 0.341 e. The molecule has 3 aliphatic rings. The fraction of sp³-hybridized carbons (Fsp3) is 0.500. The van der Waals surface area contributed by atoms with Gasteiger partial charge in [0, 0.05) is 5.92 Å². The summed E-state index contributed by atoms with van der Waals surface area (Å²) in [6.45, 7) is 0. The number of fused-ring (bicyclic) bond motifs is 5. The van der Waals surface area contributed by atoms with Crippen LogP contribution in [-0.4, -0.2) is 18.9 Å². The van der Waals surface area contributed by atoms with Crippen molar-refractivity contribution in [2.75, 3.05) is 7.11 Å². The van der Waals surface area contributed by atoms with Crippen molar-refractivity contribution in [2.45, 2.75) is 6.42 Å². The van der Waals surface area contributed by atoms with Gasteiger partial charge in [-0.2, -0.15) is 0 Å². The Balaban J connectivity index is 1.96. The molecule has 3 heteroatoms. The zero-order valence-corrected chi connectivity index (χ0v) is 8.47. The molecule has 0 spiro atoms. The van der Waals surface area contributed by atoms with Crippen molar-refractivity contribution >= 4 is 11.8 Å². The molecule has 3 aliphatic carbocycles. The van der Waals surface area contributed by atoms with Gasteiger partial charge >= 0.3 is 5.97 Å². The maximum absolute atomic E-state index is 12.0. The summed E-state index contributed by atoms with van der Waals surface area (Å²) >= 11 is 0. The summed E-state index contributed by atoms with van der Waals surface area (Å²) in [7, 11) is 1.32. The monoisotopic (exact) mass is 204 g/mol. The van der Waals surface area contributed by atoms with Crippen LogP contribution in [0.4, 0.5) is 0 Å². The second-order valence-electron chi connectivity index (χ2n) is 4.49. The van der Waals surface area contributed by atoms with E-state index in [4.69, 9.17) is 0 Å². The highest BCUT2D eigenvalue weighted by atomic mass is 16.5. The number of ketones is 1. The molecule has 0 unspecified atom stereocenters. The lowest BCUT2D eigenvalue weighted by Gasteiger charge is -2.17. The zero-order valence-electron chi connectivity index (χ0n) is 8.47. The molecule has 0 N–H and O–H groups in total. The second kappa shape index (κ2) is 2.81. The van der Waals surface area contributed by atoms with E-state index in [-0.39, 0.29) is 23.2 Å². The topological polar surface area (TPSA) is 43.4 Å². The van der Waals surface area contributed by atoms with Gasteiger partial charge in [0.15, 0.2) is 5.78 Å². The van der Waals surface area contributed by atoms with E-state index in [1.165, 1.54) is 7.11 Å². The third kappa shape index (κ3) is 1.01. The molecule has 4 atom stereocenters. The van der Waals surface area contributed by atoms with Crippen LogP contribution in [-0.2, 0) is 14.3 Å². The standard InChI is InChI=1S/C12H12O3/c1-15-12(14)9-5-8-6-2-3-7(4-6)10(8)11(9)13/h2-3,5-8,10H,4H2,1H3/t6-,7+,8-,10+/m0/s1. The van der Waals surface area contributed by atoms with E-state index < -0.39 is 5.97 Å². The predicted molar refractivity (Wildman–Crippen MR) is 52.8 cm³/mol. The first-order chi connectivity index (χ1) is 7.22. The third-order valence-electron chi connectivity index (χ3n) is 3.85. The number of esters is 1. The summed E-state index contributed by atoms with van der Waals surface area (Å²) < 4.78 is 4.61. The highest BCUT2D eigenvalue weighted by molar-refractivity contribution is 6.20. The van der Waals surface area contributed by atoms with E-state index in [0.717, 1.165) is 6.42 Å². The molecule has 0 amide bonds. The molecule has 1 fully saturated rings. The molecule has 3 nitrogen and oxygen atoms in total. The highest BCUT2D eigenvalue weighted by Crippen LogP contribution is 2.52. The van der Waals surface area contributed by atoms with Crippen molar-refractivity contribution in [3.63, 3.8) is 0 Å². The van der Waals surface area contributed by atoms with Crippen molar-refractivity contribution in [3.05, 3.63) is 23.8 Å². The summed E-state index contributed by atoms with van der Waals surface area (Å²) in [5, 5.41) is 0. The average Bonchev–Trinajstić information content (AvgIpc) is 2.89. The van der Waals surface area contributed by atoms with E-state index in [1.54, 1.807) is 0 Å². The molecule has 1 saturated carbocycles. The Labute approximate surface area is 87.8 Å². The number of allylic oxidation sites excluding steroid dienone is 3. The molecule has 0 aromatic carbocycles. The molecule has 15 heavy (non-hydrogen) atoms. The molecule has 0 aliphatic heterocycles. The summed E-state index contributed by atoms with van der Waals surface area (Å²) in [6, 6.07) is 0. The van der Waals surface area contributed by atoms with Crippen LogP contribution >= 0.6 is 0 Å². The van der Waals surface area contributed by atoms with Crippen molar-refractivity contribution < 1.29 is 14.3 Å². The van der Waals surface area contributed by atoms with Gasteiger partial charge in [-0.3, -0.25) is 4.79 Å². The molecular formula is C12H12O3. The zero-order chi connectivity index (χ0) is 10.6. The molecular weight excluding hydrogens is 192 g/mol. The van der Waals surface area contributed by atoms with Gasteiger partial charge in [-0.15, -0.1) is 0 Å². The summed E-state index contributed by atoms with van der Waals surface area (Å²) in [6.07, 6.45) is 7.20. The van der Waals surface area contributed by atoms with Crippen molar-refractivity contribution in [3.8, 4) is 0 Å². The Bertz CT molecular complexity index is 405. The summed E-state index contributed by atoms with van der Waals surface area (Å²) in [4.78, 5) is 23.3. The van der Waals surface area contributed by atoms with E-state index >= 15 is 0 Å². The average molecular weight is 204 g/mol. The molecule has 2 bridgehead atoms.